The molecule has 0 spiro atoms. The molecule has 0 fully saturated rings. The van der Waals surface area contributed by atoms with Gasteiger partial charge in [-0.15, -0.1) is 0 Å². The van der Waals surface area contributed by atoms with Crippen molar-refractivity contribution in [2.75, 3.05) is 0 Å². The third-order valence-corrected chi connectivity index (χ3v) is 5.66. The molecule has 0 radical (unpaired) electrons. The van der Waals surface area contributed by atoms with Crippen molar-refractivity contribution < 1.29 is 32.1 Å². The third kappa shape index (κ3) is 10.3. The lowest BCUT2D eigenvalue weighted by molar-refractivity contribution is -0.407. The van der Waals surface area contributed by atoms with Crippen LogP contribution in [0.5, 0.6) is 0 Å². The van der Waals surface area contributed by atoms with Gasteiger partial charge in [-0.05, 0) is 65.0 Å². The van der Waals surface area contributed by atoms with Crippen LogP contribution in [0.4, 0.5) is 17.6 Å². The molecule has 0 heterocycles. The zero-order chi connectivity index (χ0) is 25.0. The van der Waals surface area contributed by atoms with E-state index >= 15 is 0 Å². The molecule has 3 nitrogen and oxygen atoms in total. The Morgan fingerprint density at radius 2 is 1.27 bits per heavy atom. The van der Waals surface area contributed by atoms with Gasteiger partial charge in [-0.2, -0.15) is 0 Å². The van der Waals surface area contributed by atoms with Gasteiger partial charge in [-0.1, -0.05) is 51.9 Å². The van der Waals surface area contributed by atoms with Gasteiger partial charge in [-0.3, -0.25) is 0 Å². The second kappa shape index (κ2) is 14.9. The Labute approximate surface area is 196 Å². The molecule has 0 amide bonds. The van der Waals surface area contributed by atoms with Crippen LogP contribution in [0.2, 0.25) is 0 Å². The molecule has 0 aliphatic rings. The maximum absolute atomic E-state index is 13.9. The lowest BCUT2D eigenvalue weighted by Crippen LogP contribution is -2.47. The van der Waals surface area contributed by atoms with Crippen LogP contribution in [0.1, 0.15) is 104 Å². The number of benzene rings is 1. The van der Waals surface area contributed by atoms with Crippen LogP contribution in [0.15, 0.2) is 6.07 Å². The molecule has 1 N–H and O–H groups in total. The third-order valence-electron chi connectivity index (χ3n) is 5.66. The summed E-state index contributed by atoms with van der Waals surface area (Å²) in [6.45, 7) is 9.49. The number of halogens is 4. The van der Waals surface area contributed by atoms with E-state index in [1.807, 2.05) is 27.7 Å². The maximum atomic E-state index is 13.9. The van der Waals surface area contributed by atoms with Crippen LogP contribution in [0.3, 0.4) is 0 Å². The summed E-state index contributed by atoms with van der Waals surface area (Å²) in [6, 6.07) is 0.710. The van der Waals surface area contributed by atoms with E-state index in [1.165, 1.54) is 19.3 Å². The van der Waals surface area contributed by atoms with Gasteiger partial charge in [0.05, 0.1) is 12.2 Å². The lowest BCUT2D eigenvalue weighted by Gasteiger charge is -2.38. The van der Waals surface area contributed by atoms with E-state index < -0.39 is 29.2 Å². The Kier molecular flexibility index (Phi) is 13.5. The van der Waals surface area contributed by atoms with E-state index in [2.05, 4.69) is 6.92 Å². The second-order valence-corrected chi connectivity index (χ2v) is 9.42. The largest absolute Gasteiger partial charge is 0.343 e. The summed E-state index contributed by atoms with van der Waals surface area (Å²) in [5.41, 5.74) is -0.189. The number of aryl methyl sites for hydroxylation is 1. The van der Waals surface area contributed by atoms with Crippen LogP contribution < -0.4 is 0 Å². The minimum Gasteiger partial charge on any atom is -0.343 e. The summed E-state index contributed by atoms with van der Waals surface area (Å²) in [4.78, 5) is 0. The molecule has 0 aliphatic heterocycles. The molecule has 1 rings (SSSR count). The number of ether oxygens (including phenoxy) is 2. The predicted octanol–water partition coefficient (Wildman–Crippen LogP) is 7.82. The molecule has 0 saturated carbocycles. The summed E-state index contributed by atoms with van der Waals surface area (Å²) in [5, 5.41) is 11.3. The topological polar surface area (TPSA) is 38.7 Å². The zero-order valence-electron chi connectivity index (χ0n) is 20.9. The Morgan fingerprint density at radius 1 is 0.758 bits per heavy atom. The molecule has 1 aromatic rings. The Hall–Kier alpha value is -1.18. The molecule has 1 aromatic carbocycles. The average molecular weight is 479 g/mol. The van der Waals surface area contributed by atoms with Crippen LogP contribution >= 0.6 is 0 Å². The fourth-order valence-electron chi connectivity index (χ4n) is 4.09. The normalized spacial score (nSPS) is 13.3. The smallest absolute Gasteiger partial charge is 0.283 e. The van der Waals surface area contributed by atoms with Gasteiger partial charge in [0.15, 0.2) is 23.3 Å². The van der Waals surface area contributed by atoms with Crippen molar-refractivity contribution in [3.63, 3.8) is 0 Å². The number of hydrogen-bond donors (Lipinski definition) is 1. The maximum Gasteiger partial charge on any atom is 0.283 e. The molecular formula is C26H42F4O3. The van der Waals surface area contributed by atoms with Crippen LogP contribution in [0.25, 0.3) is 0 Å². The highest BCUT2D eigenvalue weighted by atomic mass is 19.2. The number of aliphatic hydroxyl groups is 1. The SMILES string of the molecule is CCCCCCCCC(CCCCc1cc(F)c(F)c(F)c1F)C(O)(OC(C)C)OC(C)C. The fourth-order valence-corrected chi connectivity index (χ4v) is 4.09. The molecule has 192 valence electrons. The molecule has 1 atom stereocenters. The minimum atomic E-state index is -1.79. The lowest BCUT2D eigenvalue weighted by atomic mass is 9.91. The van der Waals surface area contributed by atoms with E-state index in [0.29, 0.717) is 31.7 Å². The van der Waals surface area contributed by atoms with Crippen LogP contribution in [-0.4, -0.2) is 23.3 Å². The van der Waals surface area contributed by atoms with Gasteiger partial charge in [0.25, 0.3) is 5.97 Å². The predicted molar refractivity (Wildman–Crippen MR) is 123 cm³/mol. The number of rotatable bonds is 17. The summed E-state index contributed by atoms with van der Waals surface area (Å²) in [7, 11) is 0. The Morgan fingerprint density at radius 3 is 1.82 bits per heavy atom. The monoisotopic (exact) mass is 478 g/mol. The van der Waals surface area contributed by atoms with Crippen molar-refractivity contribution in [2.24, 2.45) is 5.92 Å². The zero-order valence-corrected chi connectivity index (χ0v) is 20.9. The van der Waals surface area contributed by atoms with E-state index in [9.17, 15) is 22.7 Å². The number of hydrogen-bond acceptors (Lipinski definition) is 3. The second-order valence-electron chi connectivity index (χ2n) is 9.42. The van der Waals surface area contributed by atoms with Crippen molar-refractivity contribution in [2.45, 2.75) is 123 Å². The molecule has 33 heavy (non-hydrogen) atoms. The first-order valence-electron chi connectivity index (χ1n) is 12.4. The van der Waals surface area contributed by atoms with Gasteiger partial charge in [0, 0.05) is 5.92 Å². The summed E-state index contributed by atoms with van der Waals surface area (Å²) in [5.74, 6) is -8.37. The van der Waals surface area contributed by atoms with E-state index in [0.717, 1.165) is 19.3 Å². The molecule has 0 saturated heterocycles. The van der Waals surface area contributed by atoms with Crippen LogP contribution in [-0.2, 0) is 15.9 Å². The standard InChI is InChI=1S/C26H42F4O3/c1-6-7-8-9-10-11-15-21(26(31,32-18(2)3)33-19(4)5)16-13-12-14-20-17-22(27)24(29)25(30)23(20)28/h17-19,21,31H,6-16H2,1-5H3. The van der Waals surface area contributed by atoms with Gasteiger partial charge in [0.1, 0.15) is 0 Å². The average Bonchev–Trinajstić information content (AvgIpc) is 2.72. The molecule has 0 aromatic heterocycles. The van der Waals surface area contributed by atoms with Gasteiger partial charge >= 0.3 is 0 Å². The highest BCUT2D eigenvalue weighted by Crippen LogP contribution is 2.33. The summed E-state index contributed by atoms with van der Waals surface area (Å²) >= 11 is 0. The van der Waals surface area contributed by atoms with Crippen molar-refractivity contribution in [3.8, 4) is 0 Å². The van der Waals surface area contributed by atoms with Gasteiger partial charge in [-0.25, -0.2) is 17.6 Å². The summed E-state index contributed by atoms with van der Waals surface area (Å²) in [6.07, 6.45) is 8.48. The minimum absolute atomic E-state index is 0.0677. The first-order valence-corrected chi connectivity index (χ1v) is 12.4. The highest BCUT2D eigenvalue weighted by Gasteiger charge is 2.40. The first kappa shape index (κ1) is 29.9. The first-order chi connectivity index (χ1) is 15.5. The van der Waals surface area contributed by atoms with E-state index in [1.54, 1.807) is 0 Å². The fraction of sp³-hybridized carbons (Fsp3) is 0.769. The molecular weight excluding hydrogens is 436 g/mol. The van der Waals surface area contributed by atoms with Crippen molar-refractivity contribution >= 4 is 0 Å². The Bertz CT molecular complexity index is 685. The summed E-state index contributed by atoms with van der Waals surface area (Å²) < 4.78 is 65.7. The van der Waals surface area contributed by atoms with Crippen molar-refractivity contribution in [1.29, 1.82) is 0 Å². The van der Waals surface area contributed by atoms with E-state index in [4.69, 9.17) is 9.47 Å². The molecule has 7 heteroatoms. The van der Waals surface area contributed by atoms with Crippen molar-refractivity contribution in [1.82, 2.24) is 0 Å². The molecule has 1 unspecified atom stereocenters. The number of unbranched alkanes of at least 4 members (excludes halogenated alkanes) is 6. The Balaban J connectivity index is 2.80. The van der Waals surface area contributed by atoms with Gasteiger partial charge in [0.2, 0.25) is 0 Å². The quantitative estimate of drug-likeness (QED) is 0.0815. The van der Waals surface area contributed by atoms with Gasteiger partial charge < -0.3 is 14.6 Å². The van der Waals surface area contributed by atoms with Crippen LogP contribution in [0, 0.1) is 29.2 Å². The van der Waals surface area contributed by atoms with E-state index in [-0.39, 0.29) is 30.1 Å². The highest BCUT2D eigenvalue weighted by molar-refractivity contribution is 5.21. The van der Waals surface area contributed by atoms with Crippen molar-refractivity contribution in [3.05, 3.63) is 34.9 Å². The molecule has 0 aliphatic carbocycles. The molecule has 0 bridgehead atoms.